The lowest BCUT2D eigenvalue weighted by atomic mass is 9.85. The number of nitrogens with zero attached hydrogens (tertiary/aromatic N) is 4. The largest absolute Gasteiger partial charge is 0.494 e. The minimum Gasteiger partial charge on any atom is -0.494 e. The lowest BCUT2D eigenvalue weighted by Crippen LogP contribution is -2.57. The highest BCUT2D eigenvalue weighted by atomic mass is 32.1. The van der Waals surface area contributed by atoms with E-state index in [1.54, 1.807) is 17.9 Å². The normalized spacial score (nSPS) is 17.4. The third-order valence-corrected chi connectivity index (χ3v) is 9.22. The van der Waals surface area contributed by atoms with Gasteiger partial charge in [0.15, 0.2) is 0 Å². The van der Waals surface area contributed by atoms with Crippen molar-refractivity contribution in [3.05, 3.63) is 70.9 Å². The van der Waals surface area contributed by atoms with E-state index < -0.39 is 23.5 Å². The zero-order chi connectivity index (χ0) is 30.5. The fraction of sp³-hybridized carbons (Fsp3) is 0.333. The minimum atomic E-state index is -4.62. The van der Waals surface area contributed by atoms with Gasteiger partial charge in [-0.2, -0.15) is 13.2 Å². The van der Waals surface area contributed by atoms with E-state index in [4.69, 9.17) is 15.5 Å². The van der Waals surface area contributed by atoms with Gasteiger partial charge in [-0.25, -0.2) is 9.97 Å². The van der Waals surface area contributed by atoms with Crippen molar-refractivity contribution in [3.63, 3.8) is 0 Å². The molecule has 1 atom stereocenters. The van der Waals surface area contributed by atoms with Crippen LogP contribution in [0.1, 0.15) is 46.9 Å². The van der Waals surface area contributed by atoms with Crippen molar-refractivity contribution in [2.45, 2.75) is 37.5 Å². The molecule has 2 saturated heterocycles. The first kappa shape index (κ1) is 28.9. The Kier molecular flexibility index (Phi) is 7.25. The smallest absolute Gasteiger partial charge is 0.433 e. The maximum atomic E-state index is 13.9. The van der Waals surface area contributed by atoms with Crippen molar-refractivity contribution in [1.29, 1.82) is 0 Å². The number of fused-ring (bicyclic) bond motifs is 1. The van der Waals surface area contributed by atoms with Crippen LogP contribution in [0.2, 0.25) is 0 Å². The highest BCUT2D eigenvalue weighted by molar-refractivity contribution is 7.17. The first-order valence-corrected chi connectivity index (χ1v) is 14.6. The molecule has 2 aromatic heterocycles. The number of nitrogens with two attached hydrogens (primary N) is 1. The molecular formula is C30H29F3N6O3S. The summed E-state index contributed by atoms with van der Waals surface area (Å²) >= 11 is 1.14. The number of carbonyl (C=O) groups excluding carboxylic acids is 2. The number of thiazole rings is 1. The molecule has 1 spiro atoms. The number of aromatic nitrogens is 2. The van der Waals surface area contributed by atoms with Crippen LogP contribution < -0.4 is 20.7 Å². The Bertz CT molecular complexity index is 1700. The number of benzene rings is 2. The number of para-hydroxylation sites is 1. The number of anilines is 1. The molecule has 9 nitrogen and oxygen atoms in total. The van der Waals surface area contributed by atoms with Gasteiger partial charge in [0.2, 0.25) is 5.91 Å². The molecule has 0 saturated carbocycles. The number of likely N-dealkylation sites (tertiary alicyclic amines) is 1. The zero-order valence-electron chi connectivity index (χ0n) is 23.4. The summed E-state index contributed by atoms with van der Waals surface area (Å²) in [5.74, 6) is -0.104. The number of piperidine rings is 1. The quantitative estimate of drug-likeness (QED) is 0.328. The number of carbonyl (C=O) groups is 2. The van der Waals surface area contributed by atoms with Crippen molar-refractivity contribution in [1.82, 2.24) is 20.2 Å². The number of ether oxygens (including phenoxy) is 1. The second-order valence-electron chi connectivity index (χ2n) is 10.7. The number of hydrogen-bond donors (Lipinski definition) is 2. The fourth-order valence-electron chi connectivity index (χ4n) is 5.87. The molecule has 224 valence electrons. The van der Waals surface area contributed by atoms with Gasteiger partial charge in [0.25, 0.3) is 5.91 Å². The number of methoxy groups -OCH3 is 1. The van der Waals surface area contributed by atoms with E-state index in [0.29, 0.717) is 59.1 Å². The number of rotatable bonds is 5. The molecule has 4 heterocycles. The minimum absolute atomic E-state index is 0.0411. The molecule has 0 bridgehead atoms. The number of pyridine rings is 1. The Hall–Kier alpha value is -4.23. The number of amides is 2. The Morgan fingerprint density at radius 3 is 2.47 bits per heavy atom. The number of alkyl halides is 3. The highest BCUT2D eigenvalue weighted by Crippen LogP contribution is 2.41. The monoisotopic (exact) mass is 610 g/mol. The van der Waals surface area contributed by atoms with Crippen LogP contribution in [0.5, 0.6) is 5.75 Å². The van der Waals surface area contributed by atoms with Crippen LogP contribution in [0.15, 0.2) is 54.6 Å². The summed E-state index contributed by atoms with van der Waals surface area (Å²) in [5, 5.41) is 3.81. The molecule has 2 aliphatic rings. The standard InChI is InChI=1S/C30H29F3N6O3S/c1-17(34)23-25(27(40)38-14-12-29(13-15-38)28(41)35-16-39(29)18-6-4-3-5-7-18)43-26(37-23)20-8-10-21(42-2)24-19(20)9-11-22(36-24)30(31,32)33/h3-11,17H,12-16,34H2,1-2H3,(H,35,41). The van der Waals surface area contributed by atoms with E-state index in [1.165, 1.54) is 19.2 Å². The van der Waals surface area contributed by atoms with Crippen LogP contribution in [0.4, 0.5) is 18.9 Å². The Labute approximate surface area is 249 Å². The maximum absolute atomic E-state index is 13.9. The lowest BCUT2D eigenvalue weighted by molar-refractivity contribution is -0.141. The molecule has 2 aliphatic heterocycles. The van der Waals surface area contributed by atoms with E-state index in [9.17, 15) is 22.8 Å². The van der Waals surface area contributed by atoms with Crippen LogP contribution in [0.25, 0.3) is 21.5 Å². The van der Waals surface area contributed by atoms with Gasteiger partial charge < -0.3 is 25.6 Å². The average Bonchev–Trinajstić information content (AvgIpc) is 3.58. The Balaban J connectivity index is 1.31. The van der Waals surface area contributed by atoms with Gasteiger partial charge in [-0.05, 0) is 56.2 Å². The van der Waals surface area contributed by atoms with E-state index in [0.717, 1.165) is 23.1 Å². The molecule has 6 rings (SSSR count). The predicted octanol–water partition coefficient (Wildman–Crippen LogP) is 4.97. The summed E-state index contributed by atoms with van der Waals surface area (Å²) in [5.41, 5.74) is 6.37. The van der Waals surface area contributed by atoms with Crippen LogP contribution in [-0.2, 0) is 11.0 Å². The molecule has 2 aromatic carbocycles. The third-order valence-electron chi connectivity index (χ3n) is 8.12. The zero-order valence-corrected chi connectivity index (χ0v) is 24.3. The molecule has 4 aromatic rings. The molecule has 0 radical (unpaired) electrons. The molecule has 13 heteroatoms. The van der Waals surface area contributed by atoms with Gasteiger partial charge in [0.05, 0.1) is 19.5 Å². The number of halogens is 3. The number of hydrogen-bond acceptors (Lipinski definition) is 8. The van der Waals surface area contributed by atoms with E-state index in [2.05, 4.69) is 15.2 Å². The molecule has 43 heavy (non-hydrogen) atoms. The second-order valence-corrected chi connectivity index (χ2v) is 11.7. The van der Waals surface area contributed by atoms with Crippen LogP contribution in [0.3, 0.4) is 0 Å². The van der Waals surface area contributed by atoms with Crippen molar-refractivity contribution in [2.24, 2.45) is 5.73 Å². The van der Waals surface area contributed by atoms with Gasteiger partial charge in [-0.3, -0.25) is 9.59 Å². The Morgan fingerprint density at radius 2 is 1.81 bits per heavy atom. The molecule has 1 unspecified atom stereocenters. The molecule has 3 N–H and O–H groups in total. The summed E-state index contributed by atoms with van der Waals surface area (Å²) in [6.07, 6.45) is -3.72. The van der Waals surface area contributed by atoms with Crippen LogP contribution in [-0.4, -0.2) is 59.1 Å². The van der Waals surface area contributed by atoms with Gasteiger partial charge >= 0.3 is 6.18 Å². The van der Waals surface area contributed by atoms with Crippen molar-refractivity contribution >= 4 is 39.7 Å². The van der Waals surface area contributed by atoms with Gasteiger partial charge in [-0.1, -0.05) is 18.2 Å². The summed E-state index contributed by atoms with van der Waals surface area (Å²) in [4.78, 5) is 39.6. The first-order chi connectivity index (χ1) is 20.5. The van der Waals surface area contributed by atoms with Crippen LogP contribution >= 0.6 is 11.3 Å². The van der Waals surface area contributed by atoms with Crippen LogP contribution in [0, 0.1) is 0 Å². The molecular weight excluding hydrogens is 581 g/mol. The average molecular weight is 611 g/mol. The summed E-state index contributed by atoms with van der Waals surface area (Å²) in [7, 11) is 1.36. The van der Waals surface area contributed by atoms with Crippen molar-refractivity contribution < 1.29 is 27.5 Å². The summed E-state index contributed by atoms with van der Waals surface area (Å²) < 4.78 is 45.5. The summed E-state index contributed by atoms with van der Waals surface area (Å²) in [6, 6.07) is 14.6. The lowest BCUT2D eigenvalue weighted by Gasteiger charge is -2.43. The van der Waals surface area contributed by atoms with Crippen molar-refractivity contribution in [2.75, 3.05) is 31.8 Å². The topological polar surface area (TPSA) is 114 Å². The highest BCUT2D eigenvalue weighted by Gasteiger charge is 2.51. The van der Waals surface area contributed by atoms with Gasteiger partial charge in [0.1, 0.15) is 32.4 Å². The fourth-order valence-corrected chi connectivity index (χ4v) is 7.04. The predicted molar refractivity (Wildman–Crippen MR) is 157 cm³/mol. The van der Waals surface area contributed by atoms with E-state index in [-0.39, 0.29) is 23.1 Å². The Morgan fingerprint density at radius 1 is 1.09 bits per heavy atom. The molecule has 2 fully saturated rings. The molecule has 0 aliphatic carbocycles. The molecule has 2 amide bonds. The van der Waals surface area contributed by atoms with E-state index in [1.807, 2.05) is 30.3 Å². The first-order valence-electron chi connectivity index (χ1n) is 13.8. The number of nitrogens with one attached hydrogen (secondary N) is 1. The van der Waals surface area contributed by atoms with Gasteiger partial charge in [0, 0.05) is 35.8 Å². The van der Waals surface area contributed by atoms with E-state index >= 15 is 0 Å². The summed E-state index contributed by atoms with van der Waals surface area (Å²) in [6.45, 7) is 2.84. The van der Waals surface area contributed by atoms with Gasteiger partial charge in [-0.15, -0.1) is 11.3 Å². The SMILES string of the molecule is COc1ccc(-c2nc(C(C)N)c(C(=O)N3CCC4(CC3)C(=O)NCN4c3ccccc3)s2)c2ccc(C(F)(F)F)nc12. The third kappa shape index (κ3) is 4.95. The maximum Gasteiger partial charge on any atom is 0.433 e. The second kappa shape index (κ2) is 10.8. The van der Waals surface area contributed by atoms with Crippen molar-refractivity contribution in [3.8, 4) is 16.3 Å².